The largest absolute Gasteiger partial charge is 0.478 e. The van der Waals surface area contributed by atoms with Crippen molar-refractivity contribution in [2.75, 3.05) is 6.54 Å². The summed E-state index contributed by atoms with van der Waals surface area (Å²) in [6, 6.07) is 8.74. The molecule has 0 aliphatic carbocycles. The molecule has 1 aliphatic heterocycles. The van der Waals surface area contributed by atoms with E-state index in [1.54, 1.807) is 28.8 Å². The summed E-state index contributed by atoms with van der Waals surface area (Å²) < 4.78 is 1.67. The summed E-state index contributed by atoms with van der Waals surface area (Å²) in [5.74, 6) is -0.956. The van der Waals surface area contributed by atoms with E-state index in [9.17, 15) is 9.59 Å². The second-order valence-electron chi connectivity index (χ2n) is 7.17. The Balaban J connectivity index is 1.84. The van der Waals surface area contributed by atoms with Gasteiger partial charge in [0.25, 0.3) is 5.56 Å². The maximum atomic E-state index is 12.7. The molecule has 1 aliphatic rings. The molecule has 1 saturated heterocycles. The minimum atomic E-state index is -0.956. The molecule has 1 aromatic heterocycles. The van der Waals surface area contributed by atoms with E-state index in [2.05, 4.69) is 11.8 Å². The number of pyridine rings is 1. The standard InChI is InChI=1S/C21H24Cl2N2O3/c1-2-16-4-3-10-24(16)13-19-17(22)12-18(23)20(26)25(19)11-9-14-5-7-15(8-6-14)21(27)28/h5-8,12,16H,2-4,9-11,13H2,1H3,(H,27,28). The number of carboxylic acid groups (broad SMARTS) is 1. The van der Waals surface area contributed by atoms with E-state index in [1.165, 1.54) is 12.5 Å². The number of benzene rings is 1. The summed E-state index contributed by atoms with van der Waals surface area (Å²) in [5, 5.41) is 9.64. The van der Waals surface area contributed by atoms with E-state index in [1.807, 2.05) is 0 Å². The van der Waals surface area contributed by atoms with Crippen molar-refractivity contribution in [3.8, 4) is 0 Å². The predicted molar refractivity (Wildman–Crippen MR) is 112 cm³/mol. The first-order valence-corrected chi connectivity index (χ1v) is 10.3. The first-order chi connectivity index (χ1) is 13.4. The maximum absolute atomic E-state index is 12.7. The molecule has 0 amide bonds. The summed E-state index contributed by atoms with van der Waals surface area (Å²) >= 11 is 12.6. The fourth-order valence-corrected chi connectivity index (χ4v) is 4.38. The number of hydrogen-bond donors (Lipinski definition) is 1. The van der Waals surface area contributed by atoms with Crippen molar-refractivity contribution >= 4 is 29.2 Å². The van der Waals surface area contributed by atoms with Crippen molar-refractivity contribution in [2.24, 2.45) is 0 Å². The van der Waals surface area contributed by atoms with Crippen molar-refractivity contribution in [3.63, 3.8) is 0 Å². The summed E-state index contributed by atoms with van der Waals surface area (Å²) in [6.07, 6.45) is 3.98. The number of nitrogens with zero attached hydrogens (tertiary/aromatic N) is 2. The number of rotatable bonds is 7. The van der Waals surface area contributed by atoms with E-state index in [-0.39, 0.29) is 16.1 Å². The molecule has 7 heteroatoms. The van der Waals surface area contributed by atoms with Crippen LogP contribution in [0.1, 0.15) is 47.8 Å². The third-order valence-corrected chi connectivity index (χ3v) is 6.05. The van der Waals surface area contributed by atoms with Gasteiger partial charge in [-0.05, 0) is 56.0 Å². The molecule has 28 heavy (non-hydrogen) atoms. The van der Waals surface area contributed by atoms with Crippen LogP contribution in [-0.4, -0.2) is 33.1 Å². The lowest BCUT2D eigenvalue weighted by molar-refractivity contribution is 0.0697. The molecule has 1 aromatic carbocycles. The van der Waals surface area contributed by atoms with E-state index in [4.69, 9.17) is 28.3 Å². The van der Waals surface area contributed by atoms with Gasteiger partial charge in [0, 0.05) is 19.1 Å². The van der Waals surface area contributed by atoms with Crippen LogP contribution in [0.4, 0.5) is 0 Å². The third kappa shape index (κ3) is 4.59. The third-order valence-electron chi connectivity index (χ3n) is 5.45. The molecule has 1 N–H and O–H groups in total. The Kier molecular flexibility index (Phi) is 6.81. The molecule has 5 nitrogen and oxygen atoms in total. The summed E-state index contributed by atoms with van der Waals surface area (Å²) in [5.41, 5.74) is 1.74. The Labute approximate surface area is 174 Å². The van der Waals surface area contributed by atoms with Crippen molar-refractivity contribution in [3.05, 3.63) is 67.6 Å². The van der Waals surface area contributed by atoms with Gasteiger partial charge in [0.15, 0.2) is 0 Å². The average Bonchev–Trinajstić information content (AvgIpc) is 3.13. The Morgan fingerprint density at radius 2 is 1.93 bits per heavy atom. The van der Waals surface area contributed by atoms with Gasteiger partial charge in [0.1, 0.15) is 5.02 Å². The molecule has 2 heterocycles. The molecule has 0 saturated carbocycles. The smallest absolute Gasteiger partial charge is 0.335 e. The molecule has 3 rings (SSSR count). The van der Waals surface area contributed by atoms with Crippen molar-refractivity contribution in [1.29, 1.82) is 0 Å². The maximum Gasteiger partial charge on any atom is 0.335 e. The monoisotopic (exact) mass is 422 g/mol. The number of aromatic carboxylic acids is 1. The van der Waals surface area contributed by atoms with Crippen molar-refractivity contribution in [2.45, 2.75) is 51.7 Å². The highest BCUT2D eigenvalue weighted by Crippen LogP contribution is 2.26. The Morgan fingerprint density at radius 3 is 2.57 bits per heavy atom. The molecule has 150 valence electrons. The number of halogens is 2. The lowest BCUT2D eigenvalue weighted by atomic mass is 10.1. The van der Waals surface area contributed by atoms with Crippen LogP contribution in [0.15, 0.2) is 35.1 Å². The van der Waals surface area contributed by atoms with E-state index < -0.39 is 5.97 Å². The molecule has 0 radical (unpaired) electrons. The number of carboxylic acids is 1. The Bertz CT molecular complexity index is 909. The highest BCUT2D eigenvalue weighted by molar-refractivity contribution is 6.34. The minimum Gasteiger partial charge on any atom is -0.478 e. The fraction of sp³-hybridized carbons (Fsp3) is 0.429. The van der Waals surface area contributed by atoms with Gasteiger partial charge in [-0.15, -0.1) is 0 Å². The number of likely N-dealkylation sites (tertiary alicyclic amines) is 1. The van der Waals surface area contributed by atoms with E-state index >= 15 is 0 Å². The molecule has 1 fully saturated rings. The number of hydrogen-bond acceptors (Lipinski definition) is 3. The zero-order valence-electron chi connectivity index (χ0n) is 15.8. The molecule has 0 spiro atoms. The zero-order chi connectivity index (χ0) is 20.3. The van der Waals surface area contributed by atoms with Gasteiger partial charge in [-0.1, -0.05) is 42.3 Å². The lowest BCUT2D eigenvalue weighted by Crippen LogP contribution is -2.33. The van der Waals surface area contributed by atoms with Gasteiger partial charge in [-0.3, -0.25) is 9.69 Å². The summed E-state index contributed by atoms with van der Waals surface area (Å²) in [4.78, 5) is 26.1. The molecular formula is C21H24Cl2N2O3. The topological polar surface area (TPSA) is 62.5 Å². The van der Waals surface area contributed by atoms with Gasteiger partial charge in [0.2, 0.25) is 0 Å². The predicted octanol–water partition coefficient (Wildman–Crippen LogP) is 4.47. The van der Waals surface area contributed by atoms with Gasteiger partial charge in [-0.25, -0.2) is 4.79 Å². The van der Waals surface area contributed by atoms with Crippen LogP contribution in [0.25, 0.3) is 0 Å². The Hall–Kier alpha value is -1.82. The van der Waals surface area contributed by atoms with Gasteiger partial charge in [0.05, 0.1) is 16.3 Å². The first-order valence-electron chi connectivity index (χ1n) is 9.54. The highest BCUT2D eigenvalue weighted by Gasteiger charge is 2.25. The van der Waals surface area contributed by atoms with E-state index in [0.717, 1.165) is 30.6 Å². The van der Waals surface area contributed by atoms with Gasteiger partial charge >= 0.3 is 5.97 Å². The SMILES string of the molecule is CCC1CCCN1Cc1c(Cl)cc(Cl)c(=O)n1CCc1ccc(C(=O)O)cc1. The van der Waals surface area contributed by atoms with Crippen LogP contribution in [-0.2, 0) is 19.5 Å². The minimum absolute atomic E-state index is 0.114. The fourth-order valence-electron chi connectivity index (χ4n) is 3.85. The number of carbonyl (C=O) groups is 1. The molecule has 2 aromatic rings. The van der Waals surface area contributed by atoms with Crippen LogP contribution in [0, 0.1) is 0 Å². The van der Waals surface area contributed by atoms with Crippen LogP contribution in [0.2, 0.25) is 10.0 Å². The molecule has 0 bridgehead atoms. The lowest BCUT2D eigenvalue weighted by Gasteiger charge is -2.26. The number of aryl methyl sites for hydroxylation is 1. The van der Waals surface area contributed by atoms with Crippen LogP contribution in [0.3, 0.4) is 0 Å². The summed E-state index contributed by atoms with van der Waals surface area (Å²) in [7, 11) is 0. The second-order valence-corrected chi connectivity index (χ2v) is 7.98. The van der Waals surface area contributed by atoms with Gasteiger partial charge in [-0.2, -0.15) is 0 Å². The normalized spacial score (nSPS) is 17.2. The molecular weight excluding hydrogens is 399 g/mol. The highest BCUT2D eigenvalue weighted by atomic mass is 35.5. The van der Waals surface area contributed by atoms with E-state index in [0.29, 0.717) is 30.6 Å². The second kappa shape index (κ2) is 9.12. The van der Waals surface area contributed by atoms with Crippen molar-refractivity contribution in [1.82, 2.24) is 9.47 Å². The van der Waals surface area contributed by atoms with Crippen molar-refractivity contribution < 1.29 is 9.90 Å². The van der Waals surface area contributed by atoms with Gasteiger partial charge < -0.3 is 9.67 Å². The quantitative estimate of drug-likeness (QED) is 0.714. The molecule has 1 atom stereocenters. The average molecular weight is 423 g/mol. The summed E-state index contributed by atoms with van der Waals surface area (Å²) in [6.45, 7) is 4.25. The zero-order valence-corrected chi connectivity index (χ0v) is 17.3. The van der Waals surface area contributed by atoms with Crippen LogP contribution < -0.4 is 5.56 Å². The number of aromatic nitrogens is 1. The van der Waals surface area contributed by atoms with Crippen LogP contribution in [0.5, 0.6) is 0 Å². The Morgan fingerprint density at radius 1 is 1.21 bits per heavy atom. The first kappa shape index (κ1) is 20.9. The molecule has 1 unspecified atom stereocenters. The van der Waals surface area contributed by atoms with Crippen LogP contribution >= 0.6 is 23.2 Å².